The minimum atomic E-state index is -3.61. The van der Waals surface area contributed by atoms with Crippen LogP contribution >= 0.6 is 0 Å². The van der Waals surface area contributed by atoms with Gasteiger partial charge >= 0.3 is 0 Å². The standard InChI is InChI=1S/C13H24N4O2S/c1-10-4-6-13(9-14,7-5-10)16-20(18,19)12-8-17(3)11(2)15-12/h8,10,16H,4-7,9,14H2,1-3H3. The Morgan fingerprint density at radius 2 is 2.10 bits per heavy atom. The summed E-state index contributed by atoms with van der Waals surface area (Å²) >= 11 is 0. The molecular formula is C13H24N4O2S. The van der Waals surface area contributed by atoms with Gasteiger partial charge in [0, 0.05) is 25.3 Å². The molecule has 2 rings (SSSR count). The second kappa shape index (κ2) is 5.46. The highest BCUT2D eigenvalue weighted by Gasteiger charge is 2.37. The predicted octanol–water partition coefficient (Wildman–Crippen LogP) is 0.914. The summed E-state index contributed by atoms with van der Waals surface area (Å²) in [6.45, 7) is 4.29. The fourth-order valence-corrected chi connectivity index (χ4v) is 4.17. The molecule has 0 unspecified atom stereocenters. The normalized spacial score (nSPS) is 27.7. The zero-order valence-corrected chi connectivity index (χ0v) is 13.2. The van der Waals surface area contributed by atoms with E-state index in [0.29, 0.717) is 18.3 Å². The van der Waals surface area contributed by atoms with Crippen LogP contribution in [0.25, 0.3) is 0 Å². The van der Waals surface area contributed by atoms with E-state index in [2.05, 4.69) is 16.6 Å². The zero-order chi connectivity index (χ0) is 15.0. The Morgan fingerprint density at radius 1 is 1.50 bits per heavy atom. The van der Waals surface area contributed by atoms with Crippen LogP contribution in [0.2, 0.25) is 0 Å². The Bertz CT molecular complexity index is 552. The molecule has 7 heteroatoms. The predicted molar refractivity (Wildman–Crippen MR) is 77.7 cm³/mol. The molecule has 0 amide bonds. The van der Waals surface area contributed by atoms with Gasteiger partial charge in [-0.1, -0.05) is 6.92 Å². The molecule has 3 N–H and O–H groups in total. The summed E-state index contributed by atoms with van der Waals surface area (Å²) in [5.74, 6) is 1.31. The molecule has 1 aromatic rings. The van der Waals surface area contributed by atoms with Gasteiger partial charge in [-0.15, -0.1) is 0 Å². The molecule has 1 aromatic heterocycles. The van der Waals surface area contributed by atoms with Crippen LogP contribution in [0.15, 0.2) is 11.2 Å². The van der Waals surface area contributed by atoms with Crippen LogP contribution in [0.4, 0.5) is 0 Å². The first-order valence-corrected chi connectivity index (χ1v) is 8.50. The van der Waals surface area contributed by atoms with Crippen molar-refractivity contribution in [2.75, 3.05) is 6.54 Å². The van der Waals surface area contributed by atoms with Crippen LogP contribution in [0.3, 0.4) is 0 Å². The van der Waals surface area contributed by atoms with Crippen molar-refractivity contribution in [3.05, 3.63) is 12.0 Å². The number of aryl methyl sites for hydroxylation is 2. The van der Waals surface area contributed by atoms with Crippen molar-refractivity contribution >= 4 is 10.0 Å². The maximum absolute atomic E-state index is 12.5. The molecule has 0 bridgehead atoms. The fraction of sp³-hybridized carbons (Fsp3) is 0.769. The molecule has 1 saturated carbocycles. The van der Waals surface area contributed by atoms with E-state index in [9.17, 15) is 8.42 Å². The van der Waals surface area contributed by atoms with E-state index in [4.69, 9.17) is 5.73 Å². The van der Waals surface area contributed by atoms with Gasteiger partial charge in [0.05, 0.1) is 0 Å². The van der Waals surface area contributed by atoms with Crippen molar-refractivity contribution in [1.82, 2.24) is 14.3 Å². The highest BCUT2D eigenvalue weighted by Crippen LogP contribution is 2.32. The summed E-state index contributed by atoms with van der Waals surface area (Å²) in [6.07, 6.45) is 5.11. The average Bonchev–Trinajstić information content (AvgIpc) is 2.74. The van der Waals surface area contributed by atoms with E-state index in [1.807, 2.05) is 0 Å². The van der Waals surface area contributed by atoms with Gasteiger partial charge in [0.25, 0.3) is 10.0 Å². The van der Waals surface area contributed by atoms with Crippen molar-refractivity contribution in [3.8, 4) is 0 Å². The fourth-order valence-electron chi connectivity index (χ4n) is 2.66. The largest absolute Gasteiger partial charge is 0.337 e. The number of hydrogen-bond donors (Lipinski definition) is 2. The Morgan fingerprint density at radius 3 is 2.55 bits per heavy atom. The Balaban J connectivity index is 2.22. The number of hydrogen-bond acceptors (Lipinski definition) is 4. The lowest BCUT2D eigenvalue weighted by molar-refractivity contribution is 0.231. The number of nitrogens with one attached hydrogen (secondary N) is 1. The number of imidazole rings is 1. The third-order valence-electron chi connectivity index (χ3n) is 4.33. The van der Waals surface area contributed by atoms with E-state index in [-0.39, 0.29) is 5.03 Å². The van der Waals surface area contributed by atoms with Gasteiger partial charge in [-0.3, -0.25) is 0 Å². The molecule has 1 aliphatic carbocycles. The SMILES string of the molecule is Cc1nc(S(=O)(=O)NC2(CN)CCC(C)CC2)cn1C. The Kier molecular flexibility index (Phi) is 4.22. The minimum Gasteiger partial charge on any atom is -0.337 e. The summed E-state index contributed by atoms with van der Waals surface area (Å²) < 4.78 is 29.4. The lowest BCUT2D eigenvalue weighted by atomic mass is 9.78. The van der Waals surface area contributed by atoms with Gasteiger partial charge in [0.2, 0.25) is 0 Å². The zero-order valence-electron chi connectivity index (χ0n) is 12.4. The molecule has 0 spiro atoms. The topological polar surface area (TPSA) is 90.0 Å². The van der Waals surface area contributed by atoms with E-state index in [1.54, 1.807) is 18.5 Å². The number of nitrogens with zero attached hydrogens (tertiary/aromatic N) is 2. The van der Waals surface area contributed by atoms with Crippen molar-refractivity contribution < 1.29 is 8.42 Å². The van der Waals surface area contributed by atoms with Gasteiger partial charge in [-0.2, -0.15) is 0 Å². The van der Waals surface area contributed by atoms with Crippen LogP contribution in [-0.2, 0) is 17.1 Å². The number of aromatic nitrogens is 2. The molecule has 114 valence electrons. The summed E-state index contributed by atoms with van der Waals surface area (Å²) in [6, 6.07) is 0. The lowest BCUT2D eigenvalue weighted by Crippen LogP contribution is -2.55. The van der Waals surface area contributed by atoms with Gasteiger partial charge in [-0.25, -0.2) is 18.1 Å². The van der Waals surface area contributed by atoms with E-state index >= 15 is 0 Å². The molecule has 0 aromatic carbocycles. The van der Waals surface area contributed by atoms with Crippen molar-refractivity contribution in [2.24, 2.45) is 18.7 Å². The summed E-state index contributed by atoms with van der Waals surface area (Å²) in [5, 5.41) is 0.0731. The number of sulfonamides is 1. The van der Waals surface area contributed by atoms with Crippen molar-refractivity contribution in [1.29, 1.82) is 0 Å². The maximum atomic E-state index is 12.5. The highest BCUT2D eigenvalue weighted by atomic mass is 32.2. The second-order valence-corrected chi connectivity index (χ2v) is 7.64. The highest BCUT2D eigenvalue weighted by molar-refractivity contribution is 7.89. The van der Waals surface area contributed by atoms with Crippen LogP contribution in [0.5, 0.6) is 0 Å². The lowest BCUT2D eigenvalue weighted by Gasteiger charge is -2.38. The first-order chi connectivity index (χ1) is 9.28. The summed E-state index contributed by atoms with van der Waals surface area (Å²) in [4.78, 5) is 4.10. The van der Waals surface area contributed by atoms with E-state index in [0.717, 1.165) is 25.7 Å². The molecule has 1 fully saturated rings. The van der Waals surface area contributed by atoms with Crippen LogP contribution < -0.4 is 10.5 Å². The molecule has 1 aliphatic rings. The van der Waals surface area contributed by atoms with Crippen LogP contribution in [0, 0.1) is 12.8 Å². The van der Waals surface area contributed by atoms with Crippen LogP contribution in [-0.4, -0.2) is 30.1 Å². The van der Waals surface area contributed by atoms with Gasteiger partial charge < -0.3 is 10.3 Å². The Hall–Kier alpha value is -0.920. The van der Waals surface area contributed by atoms with Gasteiger partial charge in [-0.05, 0) is 38.5 Å². The number of rotatable bonds is 4. The third kappa shape index (κ3) is 3.05. The minimum absolute atomic E-state index is 0.0731. The first-order valence-electron chi connectivity index (χ1n) is 7.02. The quantitative estimate of drug-likeness (QED) is 0.865. The van der Waals surface area contributed by atoms with Gasteiger partial charge in [0.15, 0.2) is 5.03 Å². The third-order valence-corrected chi connectivity index (χ3v) is 5.78. The van der Waals surface area contributed by atoms with Crippen LogP contribution in [0.1, 0.15) is 38.4 Å². The summed E-state index contributed by atoms with van der Waals surface area (Å²) in [5.41, 5.74) is 5.33. The smallest absolute Gasteiger partial charge is 0.260 e. The van der Waals surface area contributed by atoms with E-state index in [1.165, 1.54) is 6.20 Å². The molecule has 0 aliphatic heterocycles. The Labute approximate surface area is 120 Å². The molecule has 0 radical (unpaired) electrons. The molecule has 6 nitrogen and oxygen atoms in total. The molecular weight excluding hydrogens is 276 g/mol. The van der Waals surface area contributed by atoms with Gasteiger partial charge in [0.1, 0.15) is 5.82 Å². The maximum Gasteiger partial charge on any atom is 0.260 e. The first kappa shape index (κ1) is 15.5. The second-order valence-electron chi connectivity index (χ2n) is 6.01. The number of nitrogens with two attached hydrogens (primary N) is 1. The molecule has 20 heavy (non-hydrogen) atoms. The van der Waals surface area contributed by atoms with E-state index < -0.39 is 15.6 Å². The molecule has 0 saturated heterocycles. The van der Waals surface area contributed by atoms with Crippen molar-refractivity contribution in [3.63, 3.8) is 0 Å². The molecule has 1 heterocycles. The molecule has 0 atom stereocenters. The summed E-state index contributed by atoms with van der Waals surface area (Å²) in [7, 11) is -1.83. The average molecular weight is 300 g/mol. The van der Waals surface area contributed by atoms with Crippen molar-refractivity contribution in [2.45, 2.75) is 50.1 Å². The monoisotopic (exact) mass is 300 g/mol.